The highest BCUT2D eigenvalue weighted by atomic mass is 16.6. The van der Waals surface area contributed by atoms with Gasteiger partial charge in [-0.25, -0.2) is 5.43 Å². The van der Waals surface area contributed by atoms with Crippen LogP contribution < -0.4 is 14.9 Å². The summed E-state index contributed by atoms with van der Waals surface area (Å²) in [7, 11) is 0. The number of amides is 1. The van der Waals surface area contributed by atoms with Crippen molar-refractivity contribution in [2.24, 2.45) is 5.10 Å². The molecule has 154 valence electrons. The minimum absolute atomic E-state index is 0.0859. The van der Waals surface area contributed by atoms with Crippen LogP contribution >= 0.6 is 0 Å². The van der Waals surface area contributed by atoms with Crippen LogP contribution in [0.3, 0.4) is 0 Å². The maximum atomic E-state index is 12.3. The van der Waals surface area contributed by atoms with Gasteiger partial charge in [0.05, 0.1) is 24.4 Å². The number of hydrogen-bond donors (Lipinski definition) is 1. The molecule has 3 rings (SSSR count). The highest BCUT2D eigenvalue weighted by molar-refractivity contribution is 6.03. The van der Waals surface area contributed by atoms with Crippen molar-refractivity contribution in [2.45, 2.75) is 13.8 Å². The van der Waals surface area contributed by atoms with Crippen molar-refractivity contribution in [1.82, 2.24) is 5.43 Å². The van der Waals surface area contributed by atoms with E-state index in [0.29, 0.717) is 24.5 Å². The molecule has 0 saturated carbocycles. The van der Waals surface area contributed by atoms with Gasteiger partial charge < -0.3 is 9.47 Å². The number of carbonyl (C=O) groups is 1. The fourth-order valence-corrected chi connectivity index (χ4v) is 2.93. The average Bonchev–Trinajstić information content (AvgIpc) is 2.75. The number of nitrogens with zero attached hydrogens (tertiary/aromatic N) is 2. The zero-order valence-corrected chi connectivity index (χ0v) is 16.6. The van der Waals surface area contributed by atoms with E-state index in [0.717, 1.165) is 16.5 Å². The molecule has 3 aromatic rings. The van der Waals surface area contributed by atoms with E-state index in [4.69, 9.17) is 9.47 Å². The van der Waals surface area contributed by atoms with Crippen molar-refractivity contribution >= 4 is 28.6 Å². The Morgan fingerprint density at radius 2 is 1.77 bits per heavy atom. The van der Waals surface area contributed by atoms with Gasteiger partial charge in [-0.15, -0.1) is 0 Å². The van der Waals surface area contributed by atoms with Gasteiger partial charge >= 0.3 is 0 Å². The van der Waals surface area contributed by atoms with Crippen molar-refractivity contribution in [3.63, 3.8) is 0 Å². The van der Waals surface area contributed by atoms with Gasteiger partial charge in [-0.1, -0.05) is 12.1 Å². The average molecular weight is 407 g/mol. The molecular weight excluding hydrogens is 386 g/mol. The molecule has 0 aliphatic heterocycles. The number of ether oxygens (including phenoxy) is 2. The third-order valence-corrected chi connectivity index (χ3v) is 4.31. The number of nitrogens with one attached hydrogen (secondary N) is 1. The quantitative estimate of drug-likeness (QED) is 0.340. The first-order valence-corrected chi connectivity index (χ1v) is 9.43. The molecule has 30 heavy (non-hydrogen) atoms. The fourth-order valence-electron chi connectivity index (χ4n) is 2.93. The maximum absolute atomic E-state index is 12.3. The lowest BCUT2D eigenvalue weighted by Gasteiger charge is -2.12. The number of hydrazone groups is 1. The first kappa shape index (κ1) is 20.8. The van der Waals surface area contributed by atoms with E-state index in [1.54, 1.807) is 0 Å². The third-order valence-electron chi connectivity index (χ3n) is 4.31. The molecule has 8 nitrogen and oxygen atoms in total. The predicted octanol–water partition coefficient (Wildman–Crippen LogP) is 4.31. The van der Waals surface area contributed by atoms with Gasteiger partial charge in [0, 0.05) is 23.3 Å². The molecule has 1 amide bonds. The SMILES string of the molecule is CCOc1ccc2ccc(OCC)c(/C=N/NC(=O)c3ccc([N+](=O)[O-])cc3)c2c1. The first-order valence-electron chi connectivity index (χ1n) is 9.43. The van der Waals surface area contributed by atoms with Crippen molar-refractivity contribution in [2.75, 3.05) is 13.2 Å². The Morgan fingerprint density at radius 1 is 1.07 bits per heavy atom. The zero-order valence-electron chi connectivity index (χ0n) is 16.6. The van der Waals surface area contributed by atoms with Crippen LogP contribution in [0.15, 0.2) is 59.7 Å². The molecule has 0 fully saturated rings. The van der Waals surface area contributed by atoms with Crippen molar-refractivity contribution in [3.05, 3.63) is 75.8 Å². The summed E-state index contributed by atoms with van der Waals surface area (Å²) in [6.07, 6.45) is 1.52. The van der Waals surface area contributed by atoms with Gasteiger partial charge in [0.15, 0.2) is 0 Å². The number of rotatable bonds is 8. The Kier molecular flexibility index (Phi) is 6.59. The molecule has 0 aliphatic carbocycles. The summed E-state index contributed by atoms with van der Waals surface area (Å²) in [4.78, 5) is 22.5. The molecule has 3 aromatic carbocycles. The monoisotopic (exact) mass is 407 g/mol. The summed E-state index contributed by atoms with van der Waals surface area (Å²) < 4.78 is 11.3. The van der Waals surface area contributed by atoms with E-state index < -0.39 is 10.8 Å². The number of non-ortho nitro benzene ring substituents is 1. The molecule has 0 aromatic heterocycles. The summed E-state index contributed by atoms with van der Waals surface area (Å²) in [6.45, 7) is 4.83. The predicted molar refractivity (Wildman–Crippen MR) is 114 cm³/mol. The van der Waals surface area contributed by atoms with E-state index >= 15 is 0 Å². The van der Waals surface area contributed by atoms with Crippen molar-refractivity contribution in [3.8, 4) is 11.5 Å². The molecular formula is C22H21N3O5. The Morgan fingerprint density at radius 3 is 2.43 bits per heavy atom. The first-order chi connectivity index (χ1) is 14.5. The second-order valence-electron chi connectivity index (χ2n) is 6.23. The number of nitro benzene ring substituents is 1. The lowest BCUT2D eigenvalue weighted by Crippen LogP contribution is -2.17. The van der Waals surface area contributed by atoms with Crippen LogP contribution in [-0.2, 0) is 0 Å². The second-order valence-corrected chi connectivity index (χ2v) is 6.23. The topological polar surface area (TPSA) is 103 Å². The van der Waals surface area contributed by atoms with E-state index in [1.165, 1.54) is 30.5 Å². The fraction of sp³-hybridized carbons (Fsp3) is 0.182. The number of hydrogen-bond acceptors (Lipinski definition) is 6. The molecule has 0 aliphatic rings. The number of fused-ring (bicyclic) bond motifs is 1. The van der Waals surface area contributed by atoms with Gasteiger partial charge in [-0.05, 0) is 55.0 Å². The van der Waals surface area contributed by atoms with Crippen LogP contribution in [0.25, 0.3) is 10.8 Å². The number of benzene rings is 3. The van der Waals surface area contributed by atoms with Gasteiger partial charge in [0.1, 0.15) is 11.5 Å². The Labute approximate surface area is 173 Å². The maximum Gasteiger partial charge on any atom is 0.271 e. The molecule has 1 N–H and O–H groups in total. The third kappa shape index (κ3) is 4.72. The Balaban J connectivity index is 1.87. The minimum atomic E-state index is -0.522. The van der Waals surface area contributed by atoms with Crippen LogP contribution in [0.5, 0.6) is 11.5 Å². The van der Waals surface area contributed by atoms with Crippen LogP contribution in [0, 0.1) is 10.1 Å². The standard InChI is InChI=1S/C22H21N3O5/c1-3-29-18-11-7-15-8-12-21(30-4-2)20(19(15)13-18)14-23-24-22(26)16-5-9-17(10-6-16)25(27)28/h5-14H,3-4H2,1-2H3,(H,24,26)/b23-14+. The van der Waals surface area contributed by atoms with Crippen LogP contribution in [-0.4, -0.2) is 30.3 Å². The summed E-state index contributed by atoms with van der Waals surface area (Å²) in [6, 6.07) is 14.8. The number of carbonyl (C=O) groups excluding carboxylic acids is 1. The summed E-state index contributed by atoms with van der Waals surface area (Å²) in [5, 5.41) is 16.6. The number of nitro groups is 1. The van der Waals surface area contributed by atoms with E-state index in [2.05, 4.69) is 10.5 Å². The largest absolute Gasteiger partial charge is 0.494 e. The van der Waals surface area contributed by atoms with Crippen molar-refractivity contribution in [1.29, 1.82) is 0 Å². The van der Waals surface area contributed by atoms with E-state index in [-0.39, 0.29) is 11.3 Å². The minimum Gasteiger partial charge on any atom is -0.494 e. The molecule has 0 radical (unpaired) electrons. The van der Waals surface area contributed by atoms with E-state index in [1.807, 2.05) is 44.2 Å². The lowest BCUT2D eigenvalue weighted by atomic mass is 10.0. The van der Waals surface area contributed by atoms with Gasteiger partial charge in [-0.3, -0.25) is 14.9 Å². The zero-order chi connectivity index (χ0) is 21.5. The molecule has 0 spiro atoms. The molecule has 0 unspecified atom stereocenters. The summed E-state index contributed by atoms with van der Waals surface area (Å²) in [5.41, 5.74) is 3.33. The normalized spacial score (nSPS) is 10.9. The molecule has 0 bridgehead atoms. The van der Waals surface area contributed by atoms with E-state index in [9.17, 15) is 14.9 Å². The van der Waals surface area contributed by atoms with Gasteiger partial charge in [0.2, 0.25) is 0 Å². The van der Waals surface area contributed by atoms with Crippen LogP contribution in [0.2, 0.25) is 0 Å². The highest BCUT2D eigenvalue weighted by Gasteiger charge is 2.11. The Hall–Kier alpha value is -3.94. The Bertz CT molecular complexity index is 1090. The molecule has 0 atom stereocenters. The van der Waals surface area contributed by atoms with Gasteiger partial charge in [-0.2, -0.15) is 5.10 Å². The molecule has 0 heterocycles. The van der Waals surface area contributed by atoms with Crippen molar-refractivity contribution < 1.29 is 19.2 Å². The van der Waals surface area contributed by atoms with Gasteiger partial charge in [0.25, 0.3) is 11.6 Å². The lowest BCUT2D eigenvalue weighted by molar-refractivity contribution is -0.384. The smallest absolute Gasteiger partial charge is 0.271 e. The summed E-state index contributed by atoms with van der Waals surface area (Å²) >= 11 is 0. The summed E-state index contributed by atoms with van der Waals surface area (Å²) in [5.74, 6) is 0.879. The highest BCUT2D eigenvalue weighted by Crippen LogP contribution is 2.30. The molecule has 0 saturated heterocycles. The second kappa shape index (κ2) is 9.51. The van der Waals surface area contributed by atoms with Crippen LogP contribution in [0.4, 0.5) is 5.69 Å². The van der Waals surface area contributed by atoms with Crippen LogP contribution in [0.1, 0.15) is 29.8 Å². The molecule has 8 heteroatoms.